The topological polar surface area (TPSA) is 48.4 Å². The quantitative estimate of drug-likeness (QED) is 0.786. The second kappa shape index (κ2) is 6.10. The fourth-order valence-electron chi connectivity index (χ4n) is 2.30. The van der Waals surface area contributed by atoms with Gasteiger partial charge in [0.25, 0.3) is 0 Å². The Kier molecular flexibility index (Phi) is 4.48. The van der Waals surface area contributed by atoms with E-state index in [-0.39, 0.29) is 6.10 Å². The molecule has 94 valence electrons. The smallest absolute Gasteiger partial charge is 0.0680 e. The molecule has 2 unspecified atom stereocenters. The number of rotatable bonds is 5. The van der Waals surface area contributed by atoms with Crippen molar-refractivity contribution in [1.82, 2.24) is 15.2 Å². The highest BCUT2D eigenvalue weighted by molar-refractivity contribution is 5.09. The molecule has 17 heavy (non-hydrogen) atoms. The molecule has 0 bridgehead atoms. The molecule has 4 nitrogen and oxygen atoms in total. The largest absolute Gasteiger partial charge is 0.392 e. The maximum Gasteiger partial charge on any atom is 0.0680 e. The molecule has 1 fully saturated rings. The number of β-amino-alcohol motifs (C(OH)–C–C–N with tert-alkyl or cyclic N) is 1. The van der Waals surface area contributed by atoms with Gasteiger partial charge in [-0.3, -0.25) is 9.88 Å². The van der Waals surface area contributed by atoms with Gasteiger partial charge in [-0.1, -0.05) is 6.92 Å². The summed E-state index contributed by atoms with van der Waals surface area (Å²) in [4.78, 5) is 6.42. The van der Waals surface area contributed by atoms with Crippen LogP contribution < -0.4 is 5.32 Å². The summed E-state index contributed by atoms with van der Waals surface area (Å²) >= 11 is 0. The van der Waals surface area contributed by atoms with Gasteiger partial charge in [-0.2, -0.15) is 0 Å². The van der Waals surface area contributed by atoms with Crippen LogP contribution in [0.15, 0.2) is 24.5 Å². The number of pyridine rings is 1. The fraction of sp³-hybridized carbons (Fsp3) is 0.615. The van der Waals surface area contributed by atoms with Gasteiger partial charge in [0.05, 0.1) is 6.10 Å². The molecule has 4 heteroatoms. The molecule has 1 saturated heterocycles. The third-order valence-corrected chi connectivity index (χ3v) is 3.28. The fourth-order valence-corrected chi connectivity index (χ4v) is 2.30. The van der Waals surface area contributed by atoms with Crippen LogP contribution >= 0.6 is 0 Å². The molecule has 2 heterocycles. The molecule has 2 rings (SSSR count). The summed E-state index contributed by atoms with van der Waals surface area (Å²) < 4.78 is 0. The lowest BCUT2D eigenvalue weighted by atomic mass is 10.1. The minimum absolute atomic E-state index is 0.167. The lowest BCUT2D eigenvalue weighted by Crippen LogP contribution is -2.37. The first-order valence-corrected chi connectivity index (χ1v) is 6.30. The molecule has 0 aromatic carbocycles. The van der Waals surface area contributed by atoms with Gasteiger partial charge in [-0.25, -0.2) is 0 Å². The van der Waals surface area contributed by atoms with Gasteiger partial charge in [-0.05, 0) is 30.7 Å². The molecule has 1 aromatic rings. The second-order valence-electron chi connectivity index (χ2n) is 4.68. The van der Waals surface area contributed by atoms with Crippen LogP contribution in [0.5, 0.6) is 0 Å². The van der Waals surface area contributed by atoms with Crippen LogP contribution in [-0.2, 0) is 6.54 Å². The lowest BCUT2D eigenvalue weighted by Gasteiger charge is -2.24. The Hall–Kier alpha value is -0.970. The summed E-state index contributed by atoms with van der Waals surface area (Å²) in [6.45, 7) is 5.88. The van der Waals surface area contributed by atoms with Gasteiger partial charge in [-0.15, -0.1) is 0 Å². The van der Waals surface area contributed by atoms with Crippen molar-refractivity contribution in [2.75, 3.05) is 19.6 Å². The average Bonchev–Trinajstić information content (AvgIpc) is 2.75. The first-order chi connectivity index (χ1) is 8.28. The summed E-state index contributed by atoms with van der Waals surface area (Å²) in [6, 6.07) is 4.53. The van der Waals surface area contributed by atoms with Crippen LogP contribution in [0.25, 0.3) is 0 Å². The van der Waals surface area contributed by atoms with Crippen LogP contribution in [-0.4, -0.2) is 46.8 Å². The zero-order valence-electron chi connectivity index (χ0n) is 10.3. The van der Waals surface area contributed by atoms with Gasteiger partial charge in [0.15, 0.2) is 0 Å². The van der Waals surface area contributed by atoms with Crippen molar-refractivity contribution in [2.45, 2.75) is 32.0 Å². The van der Waals surface area contributed by atoms with E-state index in [9.17, 15) is 5.11 Å². The van der Waals surface area contributed by atoms with Crippen LogP contribution in [0.4, 0.5) is 0 Å². The van der Waals surface area contributed by atoms with Crippen LogP contribution in [0.3, 0.4) is 0 Å². The van der Waals surface area contributed by atoms with Gasteiger partial charge >= 0.3 is 0 Å². The van der Waals surface area contributed by atoms with Crippen molar-refractivity contribution in [2.24, 2.45) is 0 Å². The predicted molar refractivity (Wildman–Crippen MR) is 67.6 cm³/mol. The summed E-state index contributed by atoms with van der Waals surface area (Å²) in [5, 5.41) is 12.8. The van der Waals surface area contributed by atoms with Gasteiger partial charge < -0.3 is 10.4 Å². The number of nitrogens with one attached hydrogen (secondary N) is 1. The molecule has 0 radical (unpaired) electrons. The minimum Gasteiger partial charge on any atom is -0.392 e. The number of aliphatic hydroxyl groups excluding tert-OH is 1. The summed E-state index contributed by atoms with van der Waals surface area (Å²) in [5.41, 5.74) is 1.29. The van der Waals surface area contributed by atoms with Crippen LogP contribution in [0.1, 0.15) is 18.9 Å². The molecular formula is C13H21N3O. The monoisotopic (exact) mass is 235 g/mol. The maximum absolute atomic E-state index is 9.49. The van der Waals surface area contributed by atoms with E-state index in [2.05, 4.69) is 34.3 Å². The molecular weight excluding hydrogens is 214 g/mol. The van der Waals surface area contributed by atoms with Crippen molar-refractivity contribution in [3.05, 3.63) is 30.1 Å². The average molecular weight is 235 g/mol. The predicted octanol–water partition coefficient (Wildman–Crippen LogP) is 0.626. The molecule has 1 aliphatic rings. The third-order valence-electron chi connectivity index (χ3n) is 3.28. The number of hydrogen-bond acceptors (Lipinski definition) is 4. The number of hydrogen-bond donors (Lipinski definition) is 2. The highest BCUT2D eigenvalue weighted by Gasteiger charge is 2.23. The molecule has 0 spiro atoms. The van der Waals surface area contributed by atoms with Crippen LogP contribution in [0.2, 0.25) is 0 Å². The molecule has 1 aromatic heterocycles. The highest BCUT2D eigenvalue weighted by atomic mass is 16.3. The summed E-state index contributed by atoms with van der Waals surface area (Å²) in [6.07, 6.45) is 4.37. The number of nitrogens with zero attached hydrogens (tertiary/aromatic N) is 2. The van der Waals surface area contributed by atoms with Crippen molar-refractivity contribution in [1.29, 1.82) is 0 Å². The van der Waals surface area contributed by atoms with Gasteiger partial charge in [0, 0.05) is 38.1 Å². The number of aliphatic hydroxyl groups is 1. The number of aromatic nitrogens is 1. The van der Waals surface area contributed by atoms with Gasteiger partial charge in [0.1, 0.15) is 0 Å². The zero-order valence-corrected chi connectivity index (χ0v) is 10.3. The first-order valence-electron chi connectivity index (χ1n) is 6.30. The minimum atomic E-state index is -0.167. The third kappa shape index (κ3) is 3.77. The van der Waals surface area contributed by atoms with E-state index in [0.29, 0.717) is 6.04 Å². The Labute approximate surface area is 103 Å². The SMILES string of the molecule is CCN(Cc1ccncc1)CC1CC(O)CN1. The van der Waals surface area contributed by atoms with Gasteiger partial charge in [0.2, 0.25) is 0 Å². The van der Waals surface area contributed by atoms with Crippen molar-refractivity contribution < 1.29 is 5.11 Å². The first kappa shape index (κ1) is 12.5. The Morgan fingerprint density at radius 2 is 2.24 bits per heavy atom. The molecule has 0 aliphatic carbocycles. The Morgan fingerprint density at radius 3 is 2.82 bits per heavy atom. The summed E-state index contributed by atoms with van der Waals surface area (Å²) in [7, 11) is 0. The maximum atomic E-state index is 9.49. The van der Waals surface area contributed by atoms with E-state index >= 15 is 0 Å². The van der Waals surface area contributed by atoms with Crippen LogP contribution in [0, 0.1) is 0 Å². The van der Waals surface area contributed by atoms with Crippen molar-refractivity contribution in [3.8, 4) is 0 Å². The number of likely N-dealkylation sites (N-methyl/N-ethyl adjacent to an activating group) is 1. The van der Waals surface area contributed by atoms with E-state index in [0.717, 1.165) is 32.6 Å². The molecule has 0 saturated carbocycles. The molecule has 2 atom stereocenters. The standard InChI is InChI=1S/C13H21N3O/c1-2-16(9-11-3-5-14-6-4-11)10-12-7-13(17)8-15-12/h3-6,12-13,15,17H,2,7-10H2,1H3. The van der Waals surface area contributed by atoms with E-state index in [1.807, 2.05) is 12.4 Å². The van der Waals surface area contributed by atoms with E-state index in [1.54, 1.807) is 0 Å². The van der Waals surface area contributed by atoms with E-state index in [1.165, 1.54) is 5.56 Å². The highest BCUT2D eigenvalue weighted by Crippen LogP contribution is 2.10. The second-order valence-corrected chi connectivity index (χ2v) is 4.68. The molecule has 1 aliphatic heterocycles. The summed E-state index contributed by atoms with van der Waals surface area (Å²) in [5.74, 6) is 0. The lowest BCUT2D eigenvalue weighted by molar-refractivity contribution is 0.186. The molecule has 0 amide bonds. The Balaban J connectivity index is 1.85. The van der Waals surface area contributed by atoms with Crippen molar-refractivity contribution in [3.63, 3.8) is 0 Å². The Bertz CT molecular complexity index is 331. The molecule has 2 N–H and O–H groups in total. The Morgan fingerprint density at radius 1 is 1.47 bits per heavy atom. The van der Waals surface area contributed by atoms with E-state index in [4.69, 9.17) is 0 Å². The normalized spacial score (nSPS) is 24.4. The van der Waals surface area contributed by atoms with Crippen molar-refractivity contribution >= 4 is 0 Å². The zero-order chi connectivity index (χ0) is 12.1. The van der Waals surface area contributed by atoms with E-state index < -0.39 is 0 Å².